The first kappa shape index (κ1) is 20.1. The zero-order valence-electron chi connectivity index (χ0n) is 14.3. The van der Waals surface area contributed by atoms with E-state index in [0.29, 0.717) is 11.1 Å². The molecule has 9 heteroatoms. The molecule has 0 atom stereocenters. The van der Waals surface area contributed by atoms with Crippen LogP contribution in [-0.2, 0) is 15.7 Å². The average molecular weight is 423 g/mol. The average Bonchev–Trinajstić information content (AvgIpc) is 2.94. The molecule has 2 aromatic rings. The number of alkyl halides is 3. The summed E-state index contributed by atoms with van der Waals surface area (Å²) in [7, 11) is 1.27. The van der Waals surface area contributed by atoms with Crippen LogP contribution in [0.15, 0.2) is 53.4 Å². The molecule has 0 saturated carbocycles. The summed E-state index contributed by atoms with van der Waals surface area (Å²) in [5.74, 6) is -0.992. The topological polar surface area (TPSA) is 46.6 Å². The van der Waals surface area contributed by atoms with E-state index in [9.17, 15) is 22.8 Å². The summed E-state index contributed by atoms with van der Waals surface area (Å²) in [4.78, 5) is 25.5. The van der Waals surface area contributed by atoms with Crippen molar-refractivity contribution in [1.82, 2.24) is 0 Å². The van der Waals surface area contributed by atoms with Crippen molar-refractivity contribution < 1.29 is 27.5 Å². The Kier molecular flexibility index (Phi) is 5.57. The lowest BCUT2D eigenvalue weighted by Crippen LogP contribution is -2.27. The number of amides is 1. The third-order valence-electron chi connectivity index (χ3n) is 3.85. The molecular weight excluding hydrogens is 411 g/mol. The Balaban J connectivity index is 1.88. The fourth-order valence-corrected chi connectivity index (χ4v) is 3.80. The Bertz CT molecular complexity index is 985. The lowest BCUT2D eigenvalue weighted by atomic mass is 10.1. The van der Waals surface area contributed by atoms with E-state index >= 15 is 0 Å². The Labute approximate surface area is 168 Å². The molecule has 2 aromatic carbocycles. The van der Waals surface area contributed by atoms with Gasteiger partial charge in [-0.05, 0) is 42.0 Å². The highest BCUT2D eigenvalue weighted by Crippen LogP contribution is 2.38. The summed E-state index contributed by atoms with van der Waals surface area (Å²) in [5.41, 5.74) is 0.191. The van der Waals surface area contributed by atoms with E-state index in [0.717, 1.165) is 28.8 Å². The van der Waals surface area contributed by atoms with Crippen molar-refractivity contribution in [2.75, 3.05) is 12.0 Å². The monoisotopic (exact) mass is 423 g/mol. The summed E-state index contributed by atoms with van der Waals surface area (Å²) in [5, 5.41) is 0. The predicted molar refractivity (Wildman–Crippen MR) is 105 cm³/mol. The Morgan fingerprint density at radius 3 is 2.46 bits per heavy atom. The molecule has 0 N–H and O–H groups in total. The van der Waals surface area contributed by atoms with Gasteiger partial charge in [-0.3, -0.25) is 9.69 Å². The minimum absolute atomic E-state index is 0.0572. The van der Waals surface area contributed by atoms with Crippen LogP contribution in [0.5, 0.6) is 0 Å². The van der Waals surface area contributed by atoms with Crippen LogP contribution < -0.4 is 4.90 Å². The maximum atomic E-state index is 12.9. The number of ether oxygens (including phenoxy) is 1. The molecule has 1 amide bonds. The molecule has 0 radical (unpaired) electrons. The molecule has 0 bridgehead atoms. The van der Waals surface area contributed by atoms with E-state index < -0.39 is 23.6 Å². The first-order valence-corrected chi connectivity index (χ1v) is 9.07. The van der Waals surface area contributed by atoms with Crippen LogP contribution in [0.25, 0.3) is 6.08 Å². The maximum absolute atomic E-state index is 12.9. The van der Waals surface area contributed by atoms with E-state index in [-0.39, 0.29) is 14.9 Å². The van der Waals surface area contributed by atoms with Gasteiger partial charge in [0.25, 0.3) is 5.91 Å². The van der Waals surface area contributed by atoms with Gasteiger partial charge in [-0.1, -0.05) is 42.2 Å². The van der Waals surface area contributed by atoms with Crippen molar-refractivity contribution in [3.63, 3.8) is 0 Å². The van der Waals surface area contributed by atoms with Gasteiger partial charge in [0.05, 0.1) is 28.8 Å². The minimum Gasteiger partial charge on any atom is -0.465 e. The largest absolute Gasteiger partial charge is 0.465 e. The Morgan fingerprint density at radius 2 is 1.86 bits per heavy atom. The quantitative estimate of drug-likeness (QED) is 0.399. The summed E-state index contributed by atoms with van der Waals surface area (Å²) in [6.07, 6.45) is -2.96. The molecule has 0 spiro atoms. The first-order chi connectivity index (χ1) is 13.2. The zero-order valence-corrected chi connectivity index (χ0v) is 16.0. The number of anilines is 1. The molecule has 1 fully saturated rings. The molecule has 0 aliphatic carbocycles. The minimum atomic E-state index is -4.52. The van der Waals surface area contributed by atoms with Gasteiger partial charge in [-0.25, -0.2) is 4.79 Å². The van der Waals surface area contributed by atoms with Crippen molar-refractivity contribution in [2.45, 2.75) is 6.18 Å². The normalized spacial score (nSPS) is 16.0. The second-order valence-corrected chi connectivity index (χ2v) is 7.35. The van der Waals surface area contributed by atoms with Gasteiger partial charge in [-0.2, -0.15) is 13.2 Å². The summed E-state index contributed by atoms with van der Waals surface area (Å²) in [6, 6.07) is 10.8. The van der Waals surface area contributed by atoms with Crippen molar-refractivity contribution in [1.29, 1.82) is 0 Å². The van der Waals surface area contributed by atoms with Crippen molar-refractivity contribution in [3.05, 3.63) is 70.1 Å². The number of thioether (sulfide) groups is 1. The van der Waals surface area contributed by atoms with Gasteiger partial charge < -0.3 is 4.74 Å². The second-order valence-electron chi connectivity index (χ2n) is 5.68. The van der Waals surface area contributed by atoms with E-state index in [2.05, 4.69) is 4.74 Å². The Morgan fingerprint density at radius 1 is 1.18 bits per heavy atom. The molecule has 0 unspecified atom stereocenters. The molecule has 1 heterocycles. The molecule has 1 saturated heterocycles. The third kappa shape index (κ3) is 4.10. The van der Waals surface area contributed by atoms with Gasteiger partial charge in [0.15, 0.2) is 4.32 Å². The second kappa shape index (κ2) is 7.76. The van der Waals surface area contributed by atoms with Gasteiger partial charge in [0, 0.05) is 0 Å². The third-order valence-corrected chi connectivity index (χ3v) is 5.16. The summed E-state index contributed by atoms with van der Waals surface area (Å²) < 4.78 is 43.6. The number of carbonyl (C=O) groups excluding carboxylic acids is 2. The van der Waals surface area contributed by atoms with Crippen molar-refractivity contribution >= 4 is 51.9 Å². The van der Waals surface area contributed by atoms with Gasteiger partial charge in [0.2, 0.25) is 0 Å². The molecule has 144 valence electrons. The van der Waals surface area contributed by atoms with Crippen LogP contribution >= 0.6 is 24.0 Å². The smallest absolute Gasteiger partial charge is 0.416 e. The lowest BCUT2D eigenvalue weighted by molar-refractivity contribution is -0.137. The van der Waals surface area contributed by atoms with Crippen molar-refractivity contribution in [3.8, 4) is 0 Å². The van der Waals surface area contributed by atoms with Gasteiger partial charge in [0.1, 0.15) is 0 Å². The van der Waals surface area contributed by atoms with Crippen molar-refractivity contribution in [2.24, 2.45) is 0 Å². The van der Waals surface area contributed by atoms with Crippen LogP contribution in [0.2, 0.25) is 0 Å². The molecule has 0 aromatic heterocycles. The molecule has 1 aliphatic rings. The zero-order chi connectivity index (χ0) is 20.5. The number of esters is 1. The van der Waals surface area contributed by atoms with E-state index in [1.807, 2.05) is 0 Å². The molecule has 3 rings (SSSR count). The fraction of sp³-hybridized carbons (Fsp3) is 0.105. The number of nitrogens with zero attached hydrogens (tertiary/aromatic N) is 1. The van der Waals surface area contributed by atoms with Gasteiger partial charge >= 0.3 is 12.1 Å². The first-order valence-electron chi connectivity index (χ1n) is 7.84. The van der Waals surface area contributed by atoms with Crippen LogP contribution in [0, 0.1) is 0 Å². The summed E-state index contributed by atoms with van der Waals surface area (Å²) in [6.45, 7) is 0. The highest BCUT2D eigenvalue weighted by atomic mass is 32.2. The fourth-order valence-electron chi connectivity index (χ4n) is 2.50. The number of halogens is 3. The number of hydrogen-bond donors (Lipinski definition) is 0. The summed E-state index contributed by atoms with van der Waals surface area (Å²) >= 11 is 6.18. The number of thiocarbonyl (C=S) groups is 1. The SMILES string of the molecule is COC(=O)c1ccc(/C=C2/SC(=S)N(c3cccc(C(F)(F)F)c3)C2=O)cc1. The van der Waals surface area contributed by atoms with Crippen LogP contribution in [0.3, 0.4) is 0 Å². The lowest BCUT2D eigenvalue weighted by Gasteiger charge is -2.16. The maximum Gasteiger partial charge on any atom is 0.416 e. The van der Waals surface area contributed by atoms with Crippen LogP contribution in [0.4, 0.5) is 18.9 Å². The standard InChI is InChI=1S/C19H12F3NO3S2/c1-26-17(25)12-7-5-11(6-8-12)9-15-16(24)23(18(27)28-15)14-4-2-3-13(10-14)19(20,21)22/h2-10H,1H3/b15-9+. The van der Waals surface area contributed by atoms with Gasteiger partial charge in [-0.15, -0.1) is 0 Å². The molecule has 1 aliphatic heterocycles. The number of methoxy groups -OCH3 is 1. The van der Waals surface area contributed by atoms with Crippen LogP contribution in [-0.4, -0.2) is 23.3 Å². The number of benzene rings is 2. The molecular formula is C19H12F3NO3S2. The number of rotatable bonds is 3. The number of hydrogen-bond acceptors (Lipinski definition) is 5. The Hall–Kier alpha value is -2.65. The van der Waals surface area contributed by atoms with E-state index in [4.69, 9.17) is 12.2 Å². The van der Waals surface area contributed by atoms with Crippen LogP contribution in [0.1, 0.15) is 21.5 Å². The highest BCUT2D eigenvalue weighted by Gasteiger charge is 2.36. The molecule has 28 heavy (non-hydrogen) atoms. The predicted octanol–water partition coefficient (Wildman–Crippen LogP) is 4.90. The van der Waals surface area contributed by atoms with E-state index in [1.54, 1.807) is 30.3 Å². The van der Waals surface area contributed by atoms with E-state index in [1.165, 1.54) is 19.2 Å². The molecule has 4 nitrogen and oxygen atoms in total. The highest BCUT2D eigenvalue weighted by molar-refractivity contribution is 8.27. The number of carbonyl (C=O) groups is 2.